The number of hydrogen-bond acceptors (Lipinski definition) is 2. The van der Waals surface area contributed by atoms with Gasteiger partial charge in [0.2, 0.25) is 0 Å². The average Bonchev–Trinajstić information content (AvgIpc) is 2.36. The maximum atomic E-state index is 11.8. The quantitative estimate of drug-likeness (QED) is 0.362. The molecule has 2 unspecified atom stereocenters. The SMILES string of the molecule is C=CCCC1(C)COC(=O)C(CCCCC(=C)C)C1. The van der Waals surface area contributed by atoms with Crippen LogP contribution in [0.4, 0.5) is 0 Å². The number of hydrogen-bond donors (Lipinski definition) is 0. The molecule has 0 bridgehead atoms. The van der Waals surface area contributed by atoms with Gasteiger partial charge in [-0.25, -0.2) is 0 Å². The Hall–Kier alpha value is -1.05. The zero-order valence-electron chi connectivity index (χ0n) is 12.5. The Morgan fingerprint density at radius 2 is 2.26 bits per heavy atom. The van der Waals surface area contributed by atoms with E-state index < -0.39 is 0 Å². The summed E-state index contributed by atoms with van der Waals surface area (Å²) in [5.41, 5.74) is 1.36. The van der Waals surface area contributed by atoms with E-state index in [1.54, 1.807) is 0 Å². The lowest BCUT2D eigenvalue weighted by Crippen LogP contribution is -2.37. The van der Waals surface area contributed by atoms with Gasteiger partial charge in [-0.1, -0.05) is 25.0 Å². The maximum Gasteiger partial charge on any atom is 0.308 e. The highest BCUT2D eigenvalue weighted by Crippen LogP contribution is 2.38. The molecule has 1 rings (SSSR count). The van der Waals surface area contributed by atoms with E-state index in [9.17, 15) is 4.79 Å². The second-order valence-electron chi connectivity index (χ2n) is 6.35. The normalized spacial score (nSPS) is 26.8. The van der Waals surface area contributed by atoms with E-state index in [-0.39, 0.29) is 17.3 Å². The van der Waals surface area contributed by atoms with Crippen molar-refractivity contribution in [3.8, 4) is 0 Å². The van der Waals surface area contributed by atoms with Gasteiger partial charge < -0.3 is 4.74 Å². The topological polar surface area (TPSA) is 26.3 Å². The number of cyclic esters (lactones) is 1. The Morgan fingerprint density at radius 3 is 2.89 bits per heavy atom. The molecule has 2 heteroatoms. The van der Waals surface area contributed by atoms with Gasteiger partial charge in [-0.3, -0.25) is 4.79 Å². The van der Waals surface area contributed by atoms with E-state index in [0.29, 0.717) is 6.61 Å². The summed E-state index contributed by atoms with van der Waals surface area (Å²) in [6.07, 6.45) is 9.21. The molecule has 0 saturated carbocycles. The molecule has 0 amide bonds. The van der Waals surface area contributed by atoms with E-state index >= 15 is 0 Å². The Balaban J connectivity index is 2.40. The monoisotopic (exact) mass is 264 g/mol. The Kier molecular flexibility index (Phi) is 6.33. The van der Waals surface area contributed by atoms with Gasteiger partial charge in [0.05, 0.1) is 12.5 Å². The van der Waals surface area contributed by atoms with Gasteiger partial charge in [-0.2, -0.15) is 0 Å². The summed E-state index contributed by atoms with van der Waals surface area (Å²) in [7, 11) is 0. The Labute approximate surface area is 117 Å². The first-order valence-electron chi connectivity index (χ1n) is 7.39. The van der Waals surface area contributed by atoms with Crippen molar-refractivity contribution in [3.05, 3.63) is 24.8 Å². The first-order valence-corrected chi connectivity index (χ1v) is 7.39. The molecule has 1 heterocycles. The molecule has 0 aromatic heterocycles. The van der Waals surface area contributed by atoms with E-state index in [4.69, 9.17) is 4.74 Å². The molecule has 1 aliphatic heterocycles. The van der Waals surface area contributed by atoms with Crippen molar-refractivity contribution < 1.29 is 9.53 Å². The van der Waals surface area contributed by atoms with Crippen LogP contribution in [-0.4, -0.2) is 12.6 Å². The van der Waals surface area contributed by atoms with Crippen molar-refractivity contribution in [2.24, 2.45) is 11.3 Å². The first-order chi connectivity index (χ1) is 8.97. The molecule has 0 N–H and O–H groups in total. The molecule has 0 aromatic carbocycles. The molecule has 0 spiro atoms. The summed E-state index contributed by atoms with van der Waals surface area (Å²) in [6, 6.07) is 0. The number of rotatable bonds is 8. The van der Waals surface area contributed by atoms with Crippen molar-refractivity contribution in [2.45, 2.75) is 58.8 Å². The fourth-order valence-corrected chi connectivity index (χ4v) is 2.76. The van der Waals surface area contributed by atoms with Crippen LogP contribution in [0.2, 0.25) is 0 Å². The van der Waals surface area contributed by atoms with Gasteiger partial charge in [0.25, 0.3) is 0 Å². The molecule has 2 atom stereocenters. The minimum absolute atomic E-state index is 0.00593. The predicted octanol–water partition coefficient (Wildman–Crippen LogP) is 4.66. The van der Waals surface area contributed by atoms with Crippen LogP contribution < -0.4 is 0 Å². The van der Waals surface area contributed by atoms with Gasteiger partial charge in [0.1, 0.15) is 0 Å². The summed E-state index contributed by atoms with van der Waals surface area (Å²) < 4.78 is 5.39. The predicted molar refractivity (Wildman–Crippen MR) is 79.9 cm³/mol. The second kappa shape index (κ2) is 7.52. The van der Waals surface area contributed by atoms with E-state index in [1.807, 2.05) is 6.08 Å². The molecule has 108 valence electrons. The molecule has 1 saturated heterocycles. The summed E-state index contributed by atoms with van der Waals surface area (Å²) >= 11 is 0. The summed E-state index contributed by atoms with van der Waals surface area (Å²) in [6.45, 7) is 12.5. The average molecular weight is 264 g/mol. The fourth-order valence-electron chi connectivity index (χ4n) is 2.76. The number of carbonyl (C=O) groups is 1. The summed E-state index contributed by atoms with van der Waals surface area (Å²) in [5.74, 6) is 0.0973. The van der Waals surface area contributed by atoms with Crippen LogP contribution in [0.15, 0.2) is 24.8 Å². The van der Waals surface area contributed by atoms with Gasteiger partial charge in [-0.05, 0) is 45.4 Å². The lowest BCUT2D eigenvalue weighted by molar-refractivity contribution is -0.162. The highest BCUT2D eigenvalue weighted by atomic mass is 16.5. The lowest BCUT2D eigenvalue weighted by Gasteiger charge is -2.37. The number of ether oxygens (including phenoxy) is 1. The Bertz CT molecular complexity index is 328. The van der Waals surface area contributed by atoms with E-state index in [0.717, 1.165) is 44.9 Å². The number of carbonyl (C=O) groups excluding carboxylic acids is 1. The molecule has 0 radical (unpaired) electrons. The van der Waals surface area contributed by atoms with Crippen LogP contribution in [0.5, 0.6) is 0 Å². The van der Waals surface area contributed by atoms with Crippen LogP contribution in [0, 0.1) is 11.3 Å². The van der Waals surface area contributed by atoms with Crippen LogP contribution in [-0.2, 0) is 9.53 Å². The van der Waals surface area contributed by atoms with Crippen LogP contribution in [0.25, 0.3) is 0 Å². The highest BCUT2D eigenvalue weighted by molar-refractivity contribution is 5.73. The van der Waals surface area contributed by atoms with Crippen molar-refractivity contribution >= 4 is 5.97 Å². The van der Waals surface area contributed by atoms with Crippen molar-refractivity contribution in [3.63, 3.8) is 0 Å². The summed E-state index contributed by atoms with van der Waals surface area (Å²) in [4.78, 5) is 11.8. The molecule has 0 aliphatic carbocycles. The van der Waals surface area contributed by atoms with Gasteiger partial charge in [0, 0.05) is 5.41 Å². The van der Waals surface area contributed by atoms with E-state index in [1.165, 1.54) is 5.57 Å². The van der Waals surface area contributed by atoms with Gasteiger partial charge >= 0.3 is 5.97 Å². The first kappa shape index (κ1) is 16.0. The standard InChI is InChI=1S/C17H28O2/c1-5-6-11-17(4)12-15(16(18)19-13-17)10-8-7-9-14(2)3/h5,15H,1-2,6-13H2,3-4H3. The zero-order chi connectivity index (χ0) is 14.3. The van der Waals surface area contributed by atoms with Crippen molar-refractivity contribution in [2.75, 3.05) is 6.61 Å². The van der Waals surface area contributed by atoms with Crippen LogP contribution in [0.1, 0.15) is 58.8 Å². The molecule has 2 nitrogen and oxygen atoms in total. The smallest absolute Gasteiger partial charge is 0.308 e. The number of unbranched alkanes of at least 4 members (excludes halogenated alkanes) is 1. The fraction of sp³-hybridized carbons (Fsp3) is 0.706. The number of esters is 1. The third kappa shape index (κ3) is 5.63. The van der Waals surface area contributed by atoms with Gasteiger partial charge in [-0.15, -0.1) is 13.2 Å². The minimum atomic E-state index is 0.00593. The second-order valence-corrected chi connectivity index (χ2v) is 6.35. The van der Waals surface area contributed by atoms with Crippen molar-refractivity contribution in [1.29, 1.82) is 0 Å². The molecule has 1 fully saturated rings. The molecule has 1 aliphatic rings. The largest absolute Gasteiger partial charge is 0.465 e. The molecule has 19 heavy (non-hydrogen) atoms. The molecular weight excluding hydrogens is 236 g/mol. The molecular formula is C17H28O2. The highest BCUT2D eigenvalue weighted by Gasteiger charge is 2.37. The third-order valence-electron chi connectivity index (χ3n) is 3.99. The lowest BCUT2D eigenvalue weighted by atomic mass is 9.75. The third-order valence-corrected chi connectivity index (χ3v) is 3.99. The van der Waals surface area contributed by atoms with Crippen LogP contribution >= 0.6 is 0 Å². The Morgan fingerprint density at radius 1 is 1.53 bits per heavy atom. The minimum Gasteiger partial charge on any atom is -0.465 e. The van der Waals surface area contributed by atoms with E-state index in [2.05, 4.69) is 27.0 Å². The van der Waals surface area contributed by atoms with Crippen molar-refractivity contribution in [1.82, 2.24) is 0 Å². The summed E-state index contributed by atoms with van der Waals surface area (Å²) in [5, 5.41) is 0. The van der Waals surface area contributed by atoms with Gasteiger partial charge in [0.15, 0.2) is 0 Å². The maximum absolute atomic E-state index is 11.8. The molecule has 0 aromatic rings. The van der Waals surface area contributed by atoms with Crippen LogP contribution in [0.3, 0.4) is 0 Å². The zero-order valence-corrected chi connectivity index (χ0v) is 12.5. The number of allylic oxidation sites excluding steroid dienone is 2.